The number of halogens is 4. The average Bonchev–Trinajstić information content (AvgIpc) is 3.04. The fourth-order valence-corrected chi connectivity index (χ4v) is 3.52. The summed E-state index contributed by atoms with van der Waals surface area (Å²) in [6.07, 6.45) is -4.65. The molecule has 0 atom stereocenters. The molecule has 0 aliphatic rings. The molecule has 1 amide bonds. The van der Waals surface area contributed by atoms with E-state index in [2.05, 4.69) is 0 Å². The van der Waals surface area contributed by atoms with Crippen molar-refractivity contribution in [2.45, 2.75) is 19.1 Å². The third kappa shape index (κ3) is 4.85. The smallest absolute Gasteiger partial charge is 0.416 e. The Morgan fingerprint density at radius 2 is 1.81 bits per heavy atom. The van der Waals surface area contributed by atoms with Gasteiger partial charge in [-0.15, -0.1) is 0 Å². The lowest BCUT2D eigenvalue weighted by atomic mass is 10.0. The van der Waals surface area contributed by atoms with Crippen LogP contribution in [0, 0.1) is 0 Å². The van der Waals surface area contributed by atoms with Gasteiger partial charge in [-0.3, -0.25) is 4.79 Å². The molecule has 0 saturated carbocycles. The van der Waals surface area contributed by atoms with Crippen molar-refractivity contribution in [2.24, 2.45) is 0 Å². The van der Waals surface area contributed by atoms with Crippen LogP contribution in [0.25, 0.3) is 10.9 Å². The predicted molar refractivity (Wildman–Crippen MR) is 111 cm³/mol. The number of rotatable bonds is 5. The Balaban J connectivity index is 2.14. The van der Waals surface area contributed by atoms with Gasteiger partial charge in [-0.2, -0.15) is 13.2 Å². The topological polar surface area (TPSA) is 51.5 Å². The number of hydrogen-bond donors (Lipinski definition) is 0. The number of amides is 1. The molecule has 0 saturated heterocycles. The predicted octanol–water partition coefficient (Wildman–Crippen LogP) is 4.78. The monoisotopic (exact) mass is 452 g/mol. The molecule has 1 heterocycles. The molecule has 0 N–H and O–H groups in total. The largest absolute Gasteiger partial charge is 0.465 e. The van der Waals surface area contributed by atoms with Crippen molar-refractivity contribution < 1.29 is 27.5 Å². The number of benzene rings is 2. The Labute approximate surface area is 182 Å². The first-order chi connectivity index (χ1) is 14.5. The van der Waals surface area contributed by atoms with Crippen LogP contribution in [0.3, 0.4) is 0 Å². The van der Waals surface area contributed by atoms with Crippen LogP contribution in [-0.2, 0) is 28.7 Å². The number of nitrogens with zero attached hydrogens (tertiary/aromatic N) is 2. The van der Waals surface area contributed by atoms with Crippen LogP contribution in [0.5, 0.6) is 0 Å². The minimum atomic E-state index is -4.57. The highest BCUT2D eigenvalue weighted by Crippen LogP contribution is 2.35. The first-order valence-corrected chi connectivity index (χ1v) is 9.65. The number of carbonyl (C=O) groups is 2. The van der Waals surface area contributed by atoms with E-state index in [0.717, 1.165) is 6.07 Å². The molecule has 2 aromatic carbocycles. The van der Waals surface area contributed by atoms with Crippen molar-refractivity contribution in [3.63, 3.8) is 0 Å². The van der Waals surface area contributed by atoms with Crippen LogP contribution in [-0.4, -0.2) is 42.5 Å². The lowest BCUT2D eigenvalue weighted by Gasteiger charge is -2.17. The van der Waals surface area contributed by atoms with Gasteiger partial charge >= 0.3 is 12.1 Å². The first kappa shape index (κ1) is 22.7. The zero-order chi connectivity index (χ0) is 22.9. The highest BCUT2D eigenvalue weighted by molar-refractivity contribution is 6.30. The van der Waals surface area contributed by atoms with Gasteiger partial charge in [-0.1, -0.05) is 17.7 Å². The number of likely N-dealkylation sites (N-methyl/N-ethyl adjacent to an activating group) is 1. The number of alkyl halides is 3. The van der Waals surface area contributed by atoms with Gasteiger partial charge in [0.1, 0.15) is 6.54 Å². The minimum absolute atomic E-state index is 0.0119. The molecule has 31 heavy (non-hydrogen) atoms. The molecule has 0 aliphatic carbocycles. The van der Waals surface area contributed by atoms with Gasteiger partial charge in [-0.25, -0.2) is 4.79 Å². The van der Waals surface area contributed by atoms with Crippen LogP contribution in [0.2, 0.25) is 5.02 Å². The Kier molecular flexibility index (Phi) is 6.31. The summed E-state index contributed by atoms with van der Waals surface area (Å²) < 4.78 is 47.1. The quantitative estimate of drug-likeness (QED) is 0.523. The summed E-state index contributed by atoms with van der Waals surface area (Å²) in [5, 5.41) is 0.606. The zero-order valence-corrected chi connectivity index (χ0v) is 17.8. The highest BCUT2D eigenvalue weighted by Gasteiger charge is 2.33. The van der Waals surface area contributed by atoms with Gasteiger partial charge in [0.25, 0.3) is 0 Å². The third-order valence-electron chi connectivity index (χ3n) is 4.95. The Morgan fingerprint density at radius 1 is 1.10 bits per heavy atom. The highest BCUT2D eigenvalue weighted by atomic mass is 35.5. The maximum Gasteiger partial charge on any atom is 0.416 e. The number of methoxy groups -OCH3 is 1. The van der Waals surface area contributed by atoms with Crippen molar-refractivity contribution in [2.75, 3.05) is 21.2 Å². The molecular formula is C22H20ClF3N2O3. The van der Waals surface area contributed by atoms with Crippen molar-refractivity contribution in [3.05, 3.63) is 69.9 Å². The number of esters is 1. The SMILES string of the molecule is COC(=O)c1ccc2c(c1)cc(Cc1ccc(Cl)cc1C(F)(F)F)n2CC(=O)N(C)C. The van der Waals surface area contributed by atoms with Crippen molar-refractivity contribution in [3.8, 4) is 0 Å². The van der Waals surface area contributed by atoms with E-state index in [9.17, 15) is 22.8 Å². The van der Waals surface area contributed by atoms with Crippen LogP contribution in [0.1, 0.15) is 27.2 Å². The van der Waals surface area contributed by atoms with Crippen LogP contribution in [0.15, 0.2) is 42.5 Å². The second-order valence-corrected chi connectivity index (χ2v) is 7.69. The first-order valence-electron chi connectivity index (χ1n) is 9.27. The lowest BCUT2D eigenvalue weighted by molar-refractivity contribution is -0.138. The molecule has 164 valence electrons. The molecule has 1 aromatic heterocycles. The van der Waals surface area contributed by atoms with E-state index in [-0.39, 0.29) is 29.5 Å². The van der Waals surface area contributed by atoms with Gasteiger partial charge in [0.15, 0.2) is 0 Å². The van der Waals surface area contributed by atoms with Crippen molar-refractivity contribution in [1.29, 1.82) is 0 Å². The fraction of sp³-hybridized carbons (Fsp3) is 0.273. The number of fused-ring (bicyclic) bond motifs is 1. The molecule has 3 rings (SSSR count). The number of ether oxygens (including phenoxy) is 1. The van der Waals surface area contributed by atoms with Crippen LogP contribution in [0.4, 0.5) is 13.2 Å². The van der Waals surface area contributed by atoms with E-state index in [0.29, 0.717) is 22.2 Å². The summed E-state index contributed by atoms with van der Waals surface area (Å²) in [5.41, 5.74) is 0.637. The van der Waals surface area contributed by atoms with Gasteiger partial charge < -0.3 is 14.2 Å². The van der Waals surface area contributed by atoms with Gasteiger partial charge in [0, 0.05) is 42.1 Å². The summed E-state index contributed by atoms with van der Waals surface area (Å²) in [5.74, 6) is -0.749. The molecule has 5 nitrogen and oxygen atoms in total. The Hall–Kier alpha value is -3.00. The molecule has 0 spiro atoms. The maximum absolute atomic E-state index is 13.6. The van der Waals surface area contributed by atoms with E-state index in [4.69, 9.17) is 16.3 Å². The standard InChI is InChI=1S/C22H20ClF3N2O3/c1-27(2)20(29)12-28-17(9-13-4-6-16(23)11-18(13)22(24,25)26)10-15-8-14(21(30)31-3)5-7-19(15)28/h4-8,10-11H,9,12H2,1-3H3. The van der Waals surface area contributed by atoms with Gasteiger partial charge in [0.05, 0.1) is 18.2 Å². The molecule has 0 radical (unpaired) electrons. The molecule has 0 fully saturated rings. The summed E-state index contributed by atoms with van der Waals surface area (Å²) in [6, 6.07) is 10.1. The third-order valence-corrected chi connectivity index (χ3v) is 5.18. The fourth-order valence-electron chi connectivity index (χ4n) is 3.34. The summed E-state index contributed by atoms with van der Waals surface area (Å²) in [4.78, 5) is 25.7. The maximum atomic E-state index is 13.6. The number of hydrogen-bond acceptors (Lipinski definition) is 3. The summed E-state index contributed by atoms with van der Waals surface area (Å²) >= 11 is 5.79. The van der Waals surface area contributed by atoms with Crippen molar-refractivity contribution >= 4 is 34.4 Å². The van der Waals surface area contributed by atoms with Crippen LogP contribution < -0.4 is 0 Å². The normalized spacial score (nSPS) is 11.6. The van der Waals surface area contributed by atoms with E-state index >= 15 is 0 Å². The average molecular weight is 453 g/mol. The number of carbonyl (C=O) groups excluding carboxylic acids is 2. The van der Waals surface area contributed by atoms with E-state index < -0.39 is 17.7 Å². The molecule has 0 aliphatic heterocycles. The van der Waals surface area contributed by atoms with E-state index in [1.54, 1.807) is 42.9 Å². The van der Waals surface area contributed by atoms with Gasteiger partial charge in [0.2, 0.25) is 5.91 Å². The van der Waals surface area contributed by atoms with Crippen molar-refractivity contribution in [1.82, 2.24) is 9.47 Å². The molecule has 3 aromatic rings. The second-order valence-electron chi connectivity index (χ2n) is 7.25. The van der Waals surface area contributed by atoms with E-state index in [1.807, 2.05) is 0 Å². The summed E-state index contributed by atoms with van der Waals surface area (Å²) in [7, 11) is 4.46. The molecular weight excluding hydrogens is 433 g/mol. The van der Waals surface area contributed by atoms with E-state index in [1.165, 1.54) is 24.1 Å². The zero-order valence-electron chi connectivity index (χ0n) is 17.1. The van der Waals surface area contributed by atoms with Gasteiger partial charge in [-0.05, 0) is 42.0 Å². The molecule has 0 bridgehead atoms. The lowest BCUT2D eigenvalue weighted by Crippen LogP contribution is -2.27. The second kappa shape index (κ2) is 8.63. The van der Waals surface area contributed by atoms with Crippen LogP contribution >= 0.6 is 11.6 Å². The molecule has 0 unspecified atom stereocenters. The Bertz CT molecular complexity index is 1150. The summed E-state index contributed by atoms with van der Waals surface area (Å²) in [6.45, 7) is -0.0572. The number of aromatic nitrogens is 1. The Morgan fingerprint density at radius 3 is 2.42 bits per heavy atom. The minimum Gasteiger partial charge on any atom is -0.465 e. The molecule has 9 heteroatoms.